The summed E-state index contributed by atoms with van der Waals surface area (Å²) in [6.45, 7) is -0.687. The minimum absolute atomic E-state index is 0.561. The van der Waals surface area contributed by atoms with Crippen molar-refractivity contribution in [2.24, 2.45) is 0 Å². The van der Waals surface area contributed by atoms with Crippen LogP contribution in [0.25, 0.3) is 0 Å². The van der Waals surface area contributed by atoms with E-state index in [9.17, 15) is 29.0 Å². The van der Waals surface area contributed by atoms with E-state index >= 15 is 0 Å². The van der Waals surface area contributed by atoms with Gasteiger partial charge in [-0.25, -0.2) is 14.0 Å². The summed E-state index contributed by atoms with van der Waals surface area (Å²) in [4.78, 5) is 36.6. The number of esters is 1. The number of rotatable bonds is 4. The molecule has 0 amide bonds. The Kier molecular flexibility index (Phi) is 4.94. The van der Waals surface area contributed by atoms with Crippen LogP contribution in [0.4, 0.5) is 4.39 Å². The molecule has 128 valence electrons. The van der Waals surface area contributed by atoms with Crippen LogP contribution in [0.15, 0.2) is 15.8 Å². The van der Waals surface area contributed by atoms with Crippen LogP contribution in [0.5, 0.6) is 0 Å². The minimum Gasteiger partial charge on any atom is -0.467 e. The third-order valence-electron chi connectivity index (χ3n) is 3.46. The van der Waals surface area contributed by atoms with Gasteiger partial charge in [-0.2, -0.15) is 0 Å². The maximum atomic E-state index is 14.1. The number of H-pyrrole nitrogens is 1. The normalized spacial score (nSPS) is 28.6. The Morgan fingerprint density at radius 2 is 2.22 bits per heavy atom. The predicted molar refractivity (Wildman–Crippen MR) is 70.2 cm³/mol. The molecular weight excluding hydrogens is 319 g/mol. The van der Waals surface area contributed by atoms with Gasteiger partial charge in [0, 0.05) is 6.20 Å². The maximum Gasteiger partial charge on any atom is 0.339 e. The van der Waals surface area contributed by atoms with E-state index in [4.69, 9.17) is 9.84 Å². The smallest absolute Gasteiger partial charge is 0.339 e. The van der Waals surface area contributed by atoms with E-state index < -0.39 is 60.1 Å². The molecule has 0 aliphatic carbocycles. The molecule has 0 saturated carbocycles. The number of aliphatic hydroxyl groups is 3. The Morgan fingerprint density at radius 3 is 2.74 bits per heavy atom. The van der Waals surface area contributed by atoms with Gasteiger partial charge in [-0.15, -0.1) is 0 Å². The second-order valence-electron chi connectivity index (χ2n) is 4.86. The number of nitrogens with zero attached hydrogens (tertiary/aromatic N) is 1. The van der Waals surface area contributed by atoms with E-state index in [2.05, 4.69) is 4.74 Å². The van der Waals surface area contributed by atoms with Gasteiger partial charge in [0.15, 0.2) is 18.5 Å². The first-order valence-electron chi connectivity index (χ1n) is 6.51. The summed E-state index contributed by atoms with van der Waals surface area (Å²) in [5.41, 5.74) is -2.69. The molecule has 0 radical (unpaired) electrons. The number of halogens is 1. The van der Waals surface area contributed by atoms with Crippen LogP contribution < -0.4 is 11.2 Å². The standard InChI is InChI=1S/C12H15FN2O8/c1-22-11(20)7(17)4-2-15(12(21)14-9(4)19)10-6(13)8(18)5(3-16)23-10/h2,5-8,10,16-18H,3H2,1H3,(H,14,19,21)/t5-,6+,7?,8?,10-/m1/s1. The van der Waals surface area contributed by atoms with Crippen LogP contribution in [-0.2, 0) is 14.3 Å². The van der Waals surface area contributed by atoms with Crippen molar-refractivity contribution in [1.82, 2.24) is 9.55 Å². The van der Waals surface area contributed by atoms with Crippen LogP contribution in [0.1, 0.15) is 17.9 Å². The summed E-state index contributed by atoms with van der Waals surface area (Å²) in [6.07, 6.45) is -7.91. The third kappa shape index (κ3) is 3.03. The van der Waals surface area contributed by atoms with Gasteiger partial charge in [0.05, 0.1) is 19.3 Å². The molecule has 0 aromatic carbocycles. The molecule has 0 bridgehead atoms. The molecule has 1 aromatic heterocycles. The van der Waals surface area contributed by atoms with Crippen LogP contribution in [0.3, 0.4) is 0 Å². The number of hydrogen-bond acceptors (Lipinski definition) is 8. The highest BCUT2D eigenvalue weighted by atomic mass is 19.1. The molecule has 10 nitrogen and oxygen atoms in total. The molecule has 1 aliphatic heterocycles. The number of methoxy groups -OCH3 is 1. The number of aliphatic hydroxyl groups excluding tert-OH is 3. The van der Waals surface area contributed by atoms with Gasteiger partial charge in [-0.05, 0) is 0 Å². The molecule has 2 unspecified atom stereocenters. The summed E-state index contributed by atoms with van der Waals surface area (Å²) < 4.78 is 23.9. The lowest BCUT2D eigenvalue weighted by molar-refractivity contribution is -0.150. The Bertz CT molecular complexity index is 701. The van der Waals surface area contributed by atoms with E-state index in [1.165, 1.54) is 0 Å². The fraction of sp³-hybridized carbons (Fsp3) is 0.583. The summed E-state index contributed by atoms with van der Waals surface area (Å²) in [7, 11) is 0.982. The number of ether oxygens (including phenoxy) is 2. The highest BCUT2D eigenvalue weighted by Crippen LogP contribution is 2.30. The first-order valence-corrected chi connectivity index (χ1v) is 6.51. The van der Waals surface area contributed by atoms with Gasteiger partial charge in [-0.3, -0.25) is 14.3 Å². The second kappa shape index (κ2) is 6.58. The SMILES string of the molecule is COC(=O)C(O)c1cn([C@@H]2O[C@H](CO)C(O)[C@@H]2F)c(=O)[nH]c1=O. The van der Waals surface area contributed by atoms with Crippen LogP contribution in [0.2, 0.25) is 0 Å². The third-order valence-corrected chi connectivity index (χ3v) is 3.46. The van der Waals surface area contributed by atoms with Crippen LogP contribution >= 0.6 is 0 Å². The van der Waals surface area contributed by atoms with Crippen molar-refractivity contribution in [3.63, 3.8) is 0 Å². The van der Waals surface area contributed by atoms with Crippen molar-refractivity contribution in [3.8, 4) is 0 Å². The van der Waals surface area contributed by atoms with Crippen molar-refractivity contribution in [2.45, 2.75) is 30.7 Å². The quantitative estimate of drug-likeness (QED) is 0.435. The molecule has 1 fully saturated rings. The Labute approximate surface area is 127 Å². The fourth-order valence-electron chi connectivity index (χ4n) is 2.20. The zero-order valence-corrected chi connectivity index (χ0v) is 11.9. The lowest BCUT2D eigenvalue weighted by atomic mass is 10.1. The first kappa shape index (κ1) is 17.3. The van der Waals surface area contributed by atoms with Crippen molar-refractivity contribution in [3.05, 3.63) is 32.6 Å². The van der Waals surface area contributed by atoms with Gasteiger partial charge >= 0.3 is 11.7 Å². The van der Waals surface area contributed by atoms with Crippen molar-refractivity contribution >= 4 is 5.97 Å². The summed E-state index contributed by atoms with van der Waals surface area (Å²) in [5, 5.41) is 28.3. The monoisotopic (exact) mass is 334 g/mol. The zero-order chi connectivity index (χ0) is 17.3. The number of alkyl halides is 1. The highest BCUT2D eigenvalue weighted by Gasteiger charge is 2.45. The minimum atomic E-state index is -2.07. The van der Waals surface area contributed by atoms with Crippen molar-refractivity contribution in [2.75, 3.05) is 13.7 Å². The average Bonchev–Trinajstić information content (AvgIpc) is 2.81. The van der Waals surface area contributed by atoms with E-state index in [-0.39, 0.29) is 0 Å². The first-order chi connectivity index (χ1) is 10.8. The van der Waals surface area contributed by atoms with Crippen LogP contribution in [0, 0.1) is 0 Å². The Hall–Kier alpha value is -2.08. The molecule has 0 spiro atoms. The summed E-state index contributed by atoms with van der Waals surface area (Å²) in [6, 6.07) is 0. The molecule has 1 saturated heterocycles. The number of aromatic nitrogens is 2. The van der Waals surface area contributed by atoms with Gasteiger partial charge < -0.3 is 24.8 Å². The lowest BCUT2D eigenvalue weighted by Crippen LogP contribution is -2.38. The Balaban J connectivity index is 2.46. The van der Waals surface area contributed by atoms with E-state index in [1.54, 1.807) is 4.98 Å². The van der Waals surface area contributed by atoms with Gasteiger partial charge in [-0.1, -0.05) is 0 Å². The molecule has 11 heteroatoms. The number of hydrogen-bond donors (Lipinski definition) is 4. The van der Waals surface area contributed by atoms with E-state index in [0.29, 0.717) is 4.57 Å². The van der Waals surface area contributed by atoms with Crippen molar-refractivity contribution < 1.29 is 34.0 Å². The fourth-order valence-corrected chi connectivity index (χ4v) is 2.20. The average molecular weight is 334 g/mol. The lowest BCUT2D eigenvalue weighted by Gasteiger charge is -2.17. The second-order valence-corrected chi connectivity index (χ2v) is 4.86. The van der Waals surface area contributed by atoms with E-state index in [1.807, 2.05) is 0 Å². The molecule has 5 atom stereocenters. The molecular formula is C12H15FN2O8. The van der Waals surface area contributed by atoms with Crippen LogP contribution in [-0.4, -0.2) is 62.9 Å². The molecule has 1 aromatic rings. The Morgan fingerprint density at radius 1 is 1.57 bits per heavy atom. The number of carbonyl (C=O) groups is 1. The van der Waals surface area contributed by atoms with Gasteiger partial charge in [0.25, 0.3) is 5.56 Å². The predicted octanol–water partition coefficient (Wildman–Crippen LogP) is -2.67. The molecule has 2 heterocycles. The topological polar surface area (TPSA) is 151 Å². The number of aromatic amines is 1. The zero-order valence-electron chi connectivity index (χ0n) is 11.9. The maximum absolute atomic E-state index is 14.1. The highest BCUT2D eigenvalue weighted by molar-refractivity contribution is 5.75. The molecule has 2 rings (SSSR count). The molecule has 23 heavy (non-hydrogen) atoms. The largest absolute Gasteiger partial charge is 0.467 e. The summed E-state index contributed by atoms with van der Waals surface area (Å²) in [5.74, 6) is -1.15. The summed E-state index contributed by atoms with van der Waals surface area (Å²) >= 11 is 0. The number of nitrogens with one attached hydrogen (secondary N) is 1. The van der Waals surface area contributed by atoms with Gasteiger partial charge in [0.1, 0.15) is 12.2 Å². The van der Waals surface area contributed by atoms with E-state index in [0.717, 1.165) is 13.3 Å². The number of carbonyl (C=O) groups excluding carboxylic acids is 1. The van der Waals surface area contributed by atoms with Gasteiger partial charge in [0.2, 0.25) is 0 Å². The van der Waals surface area contributed by atoms with Crippen molar-refractivity contribution in [1.29, 1.82) is 0 Å². The molecule has 1 aliphatic rings. The molecule has 4 N–H and O–H groups in total.